The van der Waals surface area contributed by atoms with E-state index in [4.69, 9.17) is 16.0 Å². The summed E-state index contributed by atoms with van der Waals surface area (Å²) < 4.78 is 19.7. The zero-order valence-electron chi connectivity index (χ0n) is 16.3. The summed E-state index contributed by atoms with van der Waals surface area (Å²) in [5.41, 5.74) is 1.78. The smallest absolute Gasteiger partial charge is 0.290 e. The van der Waals surface area contributed by atoms with Gasteiger partial charge in [-0.1, -0.05) is 54.1 Å². The second-order valence-electron chi connectivity index (χ2n) is 7.51. The van der Waals surface area contributed by atoms with Crippen LogP contribution in [0.15, 0.2) is 82.0 Å². The average Bonchev–Trinajstić information content (AvgIpc) is 3.05. The summed E-state index contributed by atoms with van der Waals surface area (Å²) in [6.45, 7) is 0.383. The van der Waals surface area contributed by atoms with E-state index in [1.807, 2.05) is 36.4 Å². The maximum Gasteiger partial charge on any atom is 0.290 e. The van der Waals surface area contributed by atoms with Gasteiger partial charge >= 0.3 is 0 Å². The predicted molar refractivity (Wildman–Crippen MR) is 117 cm³/mol. The molecule has 0 radical (unpaired) electrons. The molecule has 0 spiro atoms. The Morgan fingerprint density at radius 3 is 2.55 bits per heavy atom. The molecule has 4 nitrogen and oxygen atoms in total. The number of halogens is 2. The molecule has 1 aliphatic rings. The van der Waals surface area contributed by atoms with E-state index in [0.717, 1.165) is 11.6 Å². The summed E-state index contributed by atoms with van der Waals surface area (Å²) in [5.74, 6) is -0.898. The quantitative estimate of drug-likeness (QED) is 0.434. The summed E-state index contributed by atoms with van der Waals surface area (Å²) in [4.78, 5) is 28.3. The summed E-state index contributed by atoms with van der Waals surface area (Å²) in [6.07, 6.45) is 0.611. The number of carbonyl (C=O) groups is 1. The van der Waals surface area contributed by atoms with E-state index >= 15 is 0 Å². The fraction of sp³-hybridized carbons (Fsp3) is 0.120. The number of amides is 1. The SMILES string of the molecule is O=C1c2oc3ccc(F)cc3c(=O)c2C(c2cccc(Cl)c2)N1CCc1ccccc1. The largest absolute Gasteiger partial charge is 0.450 e. The molecule has 1 unspecified atom stereocenters. The summed E-state index contributed by atoms with van der Waals surface area (Å²) in [5, 5.41) is 0.612. The van der Waals surface area contributed by atoms with Crippen molar-refractivity contribution < 1.29 is 13.6 Å². The first-order chi connectivity index (χ1) is 15.0. The van der Waals surface area contributed by atoms with Crippen LogP contribution in [0.25, 0.3) is 11.0 Å². The molecule has 0 saturated carbocycles. The third kappa shape index (κ3) is 3.41. The van der Waals surface area contributed by atoms with Gasteiger partial charge in [-0.05, 0) is 47.9 Å². The average molecular weight is 434 g/mol. The number of benzene rings is 3. The molecule has 5 rings (SSSR count). The van der Waals surface area contributed by atoms with E-state index in [1.165, 1.54) is 12.1 Å². The van der Waals surface area contributed by atoms with Crippen LogP contribution >= 0.6 is 11.6 Å². The third-order valence-electron chi connectivity index (χ3n) is 5.58. The lowest BCUT2D eigenvalue weighted by atomic mass is 9.98. The minimum absolute atomic E-state index is 0.00199. The molecule has 0 N–H and O–H groups in total. The number of fused-ring (bicyclic) bond motifs is 2. The second-order valence-corrected chi connectivity index (χ2v) is 7.94. The van der Waals surface area contributed by atoms with Gasteiger partial charge in [0.05, 0.1) is 17.0 Å². The van der Waals surface area contributed by atoms with Gasteiger partial charge in [0, 0.05) is 11.6 Å². The number of carbonyl (C=O) groups excluding carboxylic acids is 1. The zero-order chi connectivity index (χ0) is 21.5. The van der Waals surface area contributed by atoms with Crippen molar-refractivity contribution in [2.75, 3.05) is 6.54 Å². The molecule has 1 amide bonds. The molecule has 6 heteroatoms. The Balaban J connectivity index is 1.67. The van der Waals surface area contributed by atoms with Gasteiger partial charge in [0.2, 0.25) is 5.76 Å². The summed E-state index contributed by atoms with van der Waals surface area (Å²) in [7, 11) is 0. The molecule has 1 aromatic heterocycles. The maximum atomic E-state index is 13.8. The second kappa shape index (κ2) is 7.67. The lowest BCUT2D eigenvalue weighted by Gasteiger charge is -2.25. The molecule has 31 heavy (non-hydrogen) atoms. The minimum Gasteiger partial charge on any atom is -0.450 e. The first-order valence-electron chi connectivity index (χ1n) is 9.89. The highest BCUT2D eigenvalue weighted by molar-refractivity contribution is 6.30. The molecule has 154 valence electrons. The lowest BCUT2D eigenvalue weighted by molar-refractivity contribution is 0.0730. The maximum absolute atomic E-state index is 13.8. The van der Waals surface area contributed by atoms with Crippen LogP contribution in [0.4, 0.5) is 4.39 Å². The van der Waals surface area contributed by atoms with Crippen molar-refractivity contribution in [2.45, 2.75) is 12.5 Å². The van der Waals surface area contributed by atoms with Crippen LogP contribution in [-0.2, 0) is 6.42 Å². The first kappa shape index (κ1) is 19.5. The molecule has 0 saturated heterocycles. The van der Waals surface area contributed by atoms with Gasteiger partial charge in [-0.15, -0.1) is 0 Å². The van der Waals surface area contributed by atoms with Crippen molar-refractivity contribution in [2.24, 2.45) is 0 Å². The highest BCUT2D eigenvalue weighted by atomic mass is 35.5. The fourth-order valence-corrected chi connectivity index (χ4v) is 4.34. The third-order valence-corrected chi connectivity index (χ3v) is 5.81. The van der Waals surface area contributed by atoms with Crippen molar-refractivity contribution in [1.29, 1.82) is 0 Å². The molecular weight excluding hydrogens is 417 g/mol. The summed E-state index contributed by atoms with van der Waals surface area (Å²) in [6, 6.07) is 19.9. The number of rotatable bonds is 4. The van der Waals surface area contributed by atoms with E-state index in [-0.39, 0.29) is 28.2 Å². The standard InChI is InChI=1S/C25H17ClFNO3/c26-17-8-4-7-16(13-17)22-21-23(29)19-14-18(27)9-10-20(19)31-24(21)25(30)28(22)12-11-15-5-2-1-3-6-15/h1-10,13-14,22H,11-12H2. The van der Waals surface area contributed by atoms with Gasteiger partial charge in [-0.25, -0.2) is 4.39 Å². The van der Waals surface area contributed by atoms with Gasteiger partial charge in [-0.3, -0.25) is 9.59 Å². The molecule has 0 fully saturated rings. The highest BCUT2D eigenvalue weighted by Gasteiger charge is 2.42. The van der Waals surface area contributed by atoms with E-state index in [1.54, 1.807) is 23.1 Å². The molecule has 0 aliphatic carbocycles. The number of hydrogen-bond donors (Lipinski definition) is 0. The molecule has 0 bridgehead atoms. The van der Waals surface area contributed by atoms with Crippen LogP contribution in [-0.4, -0.2) is 17.4 Å². The Bertz CT molecular complexity index is 1370. The molecule has 4 aromatic rings. The van der Waals surface area contributed by atoms with Crippen LogP contribution in [0.2, 0.25) is 5.02 Å². The van der Waals surface area contributed by atoms with Gasteiger partial charge in [0.15, 0.2) is 5.43 Å². The van der Waals surface area contributed by atoms with Crippen LogP contribution in [0.5, 0.6) is 0 Å². The van der Waals surface area contributed by atoms with Crippen LogP contribution in [0.3, 0.4) is 0 Å². The number of hydrogen-bond acceptors (Lipinski definition) is 3. The molecule has 2 heterocycles. The van der Waals surface area contributed by atoms with Crippen molar-refractivity contribution in [3.05, 3.63) is 116 Å². The molecule has 3 aromatic carbocycles. The van der Waals surface area contributed by atoms with E-state index in [9.17, 15) is 14.0 Å². The Labute approximate surface area is 182 Å². The number of nitrogens with zero attached hydrogens (tertiary/aromatic N) is 1. The zero-order valence-corrected chi connectivity index (χ0v) is 17.1. The van der Waals surface area contributed by atoms with Crippen molar-refractivity contribution in [3.8, 4) is 0 Å². The molecule has 1 aliphatic heterocycles. The molecular formula is C25H17ClFNO3. The van der Waals surface area contributed by atoms with E-state index in [2.05, 4.69) is 0 Å². The topological polar surface area (TPSA) is 50.5 Å². The first-order valence-corrected chi connectivity index (χ1v) is 10.3. The van der Waals surface area contributed by atoms with Gasteiger partial charge in [0.25, 0.3) is 5.91 Å². The van der Waals surface area contributed by atoms with Gasteiger partial charge < -0.3 is 9.32 Å². The minimum atomic E-state index is -0.658. The van der Waals surface area contributed by atoms with Crippen LogP contribution in [0.1, 0.15) is 33.3 Å². The van der Waals surface area contributed by atoms with Crippen LogP contribution < -0.4 is 5.43 Å². The van der Waals surface area contributed by atoms with E-state index in [0.29, 0.717) is 23.6 Å². The van der Waals surface area contributed by atoms with Crippen LogP contribution in [0, 0.1) is 5.82 Å². The lowest BCUT2D eigenvalue weighted by Crippen LogP contribution is -2.31. The van der Waals surface area contributed by atoms with Gasteiger partial charge in [-0.2, -0.15) is 0 Å². The monoisotopic (exact) mass is 433 g/mol. The van der Waals surface area contributed by atoms with Crippen molar-refractivity contribution >= 4 is 28.5 Å². The highest BCUT2D eigenvalue weighted by Crippen LogP contribution is 2.38. The van der Waals surface area contributed by atoms with Gasteiger partial charge in [0.1, 0.15) is 11.4 Å². The Hall–Kier alpha value is -3.44. The fourth-order valence-electron chi connectivity index (χ4n) is 4.14. The Morgan fingerprint density at radius 2 is 1.77 bits per heavy atom. The predicted octanol–water partition coefficient (Wildman–Crippen LogP) is 5.37. The Kier molecular flexibility index (Phi) is 4.83. The Morgan fingerprint density at radius 1 is 0.968 bits per heavy atom. The normalized spacial score (nSPS) is 15.5. The van der Waals surface area contributed by atoms with E-state index < -0.39 is 17.3 Å². The van der Waals surface area contributed by atoms with Crippen molar-refractivity contribution in [3.63, 3.8) is 0 Å². The summed E-state index contributed by atoms with van der Waals surface area (Å²) >= 11 is 6.21. The molecule has 1 atom stereocenters. The van der Waals surface area contributed by atoms with Crippen molar-refractivity contribution in [1.82, 2.24) is 4.90 Å².